The molecule has 1 heterocycles. The predicted octanol–water partition coefficient (Wildman–Crippen LogP) is 2.48. The van der Waals surface area contributed by atoms with Crippen molar-refractivity contribution in [1.82, 2.24) is 10.2 Å². The summed E-state index contributed by atoms with van der Waals surface area (Å²) in [5.41, 5.74) is 1.68. The van der Waals surface area contributed by atoms with E-state index in [1.165, 1.54) is 0 Å². The lowest BCUT2D eigenvalue weighted by atomic mass is 10.2. The number of hydrogen-bond acceptors (Lipinski definition) is 2. The first-order valence-corrected chi connectivity index (χ1v) is 5.49. The fourth-order valence-corrected chi connectivity index (χ4v) is 1.33. The average Bonchev–Trinajstić information content (AvgIpc) is 2.30. The largest absolute Gasteiger partial charge is 0.143 e. The molecule has 2 aromatic rings. The van der Waals surface area contributed by atoms with Crippen LogP contribution in [-0.2, 0) is 0 Å². The Balaban J connectivity index is 2.22. The van der Waals surface area contributed by atoms with Crippen LogP contribution in [0, 0.1) is 15.5 Å². The normalized spacial score (nSPS) is 9.13. The number of halogens is 1. The monoisotopic (exact) mass is 306 g/mol. The van der Waals surface area contributed by atoms with Crippen molar-refractivity contribution < 1.29 is 0 Å². The van der Waals surface area contributed by atoms with Crippen molar-refractivity contribution in [3.05, 3.63) is 57.4 Å². The summed E-state index contributed by atoms with van der Waals surface area (Å²) >= 11 is 2.11. The van der Waals surface area contributed by atoms with E-state index in [9.17, 15) is 0 Å². The van der Waals surface area contributed by atoms with Crippen molar-refractivity contribution >= 4 is 22.6 Å². The third kappa shape index (κ3) is 3.03. The second-order valence-corrected chi connectivity index (χ2v) is 3.96. The van der Waals surface area contributed by atoms with E-state index < -0.39 is 0 Å². The van der Waals surface area contributed by atoms with Crippen LogP contribution in [0.2, 0.25) is 0 Å². The van der Waals surface area contributed by atoms with Crippen LogP contribution in [0.25, 0.3) is 0 Å². The summed E-state index contributed by atoms with van der Waals surface area (Å²) in [5.74, 6) is 5.99. The van der Waals surface area contributed by atoms with Crippen molar-refractivity contribution in [3.8, 4) is 11.8 Å². The Labute approximate surface area is 102 Å². The van der Waals surface area contributed by atoms with E-state index >= 15 is 0 Å². The Morgan fingerprint density at radius 3 is 2.33 bits per heavy atom. The summed E-state index contributed by atoms with van der Waals surface area (Å²) < 4.78 is 0.873. The minimum absolute atomic E-state index is 0.694. The Kier molecular flexibility index (Phi) is 3.30. The van der Waals surface area contributed by atoms with Gasteiger partial charge in [-0.3, -0.25) is 0 Å². The summed E-state index contributed by atoms with van der Waals surface area (Å²) in [6.07, 6.45) is 0. The van der Waals surface area contributed by atoms with E-state index in [1.54, 1.807) is 0 Å². The lowest BCUT2D eigenvalue weighted by Gasteiger charge is -1.89. The molecule has 0 N–H and O–H groups in total. The summed E-state index contributed by atoms with van der Waals surface area (Å²) in [5, 5.41) is 7.89. The third-order valence-corrected chi connectivity index (χ3v) is 2.32. The smallest absolute Gasteiger partial charge is 0.136 e. The van der Waals surface area contributed by atoms with Gasteiger partial charge < -0.3 is 0 Å². The average molecular weight is 306 g/mol. The highest BCUT2D eigenvalue weighted by Gasteiger charge is 1.89. The molecular weight excluding hydrogens is 299 g/mol. The van der Waals surface area contributed by atoms with Crippen LogP contribution in [0.3, 0.4) is 0 Å². The van der Waals surface area contributed by atoms with Crippen LogP contribution in [0.4, 0.5) is 0 Å². The van der Waals surface area contributed by atoms with Crippen molar-refractivity contribution in [3.63, 3.8) is 0 Å². The minimum atomic E-state index is 0.694. The molecule has 0 aliphatic heterocycles. The standard InChI is InChI=1S/C12H7IN2/c13-12-9-8-11(14-15-12)7-6-10-4-2-1-3-5-10/h1-5,8-9H. The maximum Gasteiger partial charge on any atom is 0.136 e. The zero-order valence-electron chi connectivity index (χ0n) is 7.81. The van der Waals surface area contributed by atoms with E-state index in [0.717, 1.165) is 9.26 Å². The van der Waals surface area contributed by atoms with Crippen LogP contribution in [0.15, 0.2) is 42.5 Å². The van der Waals surface area contributed by atoms with E-state index in [4.69, 9.17) is 0 Å². The molecule has 0 fully saturated rings. The molecule has 1 aromatic carbocycles. The van der Waals surface area contributed by atoms with Gasteiger partial charge in [0.05, 0.1) is 0 Å². The first-order valence-electron chi connectivity index (χ1n) is 4.41. The SMILES string of the molecule is Ic1ccc(C#Cc2ccccc2)nn1. The summed E-state index contributed by atoms with van der Waals surface area (Å²) in [6, 6.07) is 13.6. The Bertz CT molecular complexity index is 495. The van der Waals surface area contributed by atoms with Gasteiger partial charge in [0.25, 0.3) is 0 Å². The van der Waals surface area contributed by atoms with Gasteiger partial charge in [0, 0.05) is 5.56 Å². The molecule has 1 aromatic heterocycles. The molecule has 3 heteroatoms. The zero-order chi connectivity index (χ0) is 10.5. The van der Waals surface area contributed by atoms with Gasteiger partial charge in [0.15, 0.2) is 0 Å². The van der Waals surface area contributed by atoms with Crippen LogP contribution in [0.5, 0.6) is 0 Å². The second-order valence-electron chi connectivity index (χ2n) is 2.86. The maximum atomic E-state index is 3.96. The lowest BCUT2D eigenvalue weighted by Crippen LogP contribution is -1.88. The minimum Gasteiger partial charge on any atom is -0.143 e. The van der Waals surface area contributed by atoms with E-state index in [1.807, 2.05) is 42.5 Å². The molecule has 2 nitrogen and oxygen atoms in total. The molecule has 0 radical (unpaired) electrons. The molecule has 0 saturated carbocycles. The Hall–Kier alpha value is -1.41. The first-order chi connectivity index (χ1) is 7.34. The zero-order valence-corrected chi connectivity index (χ0v) is 9.97. The molecule has 0 aliphatic carbocycles. The molecular formula is C12H7IN2. The fourth-order valence-electron chi connectivity index (χ4n) is 1.04. The molecule has 0 atom stereocenters. The van der Waals surface area contributed by atoms with Gasteiger partial charge in [-0.25, -0.2) is 0 Å². The molecule has 0 amide bonds. The molecule has 0 saturated heterocycles. The number of benzene rings is 1. The molecule has 0 aliphatic rings. The van der Waals surface area contributed by atoms with Crippen molar-refractivity contribution in [2.75, 3.05) is 0 Å². The molecule has 15 heavy (non-hydrogen) atoms. The molecule has 2 rings (SSSR count). The molecule has 0 bridgehead atoms. The van der Waals surface area contributed by atoms with Gasteiger partial charge in [0.2, 0.25) is 0 Å². The van der Waals surface area contributed by atoms with E-state index in [-0.39, 0.29) is 0 Å². The van der Waals surface area contributed by atoms with E-state index in [2.05, 4.69) is 44.6 Å². The fraction of sp³-hybridized carbons (Fsp3) is 0. The van der Waals surface area contributed by atoms with Crippen molar-refractivity contribution in [2.45, 2.75) is 0 Å². The van der Waals surface area contributed by atoms with Crippen LogP contribution < -0.4 is 0 Å². The first kappa shape index (κ1) is 10.1. The number of hydrogen-bond donors (Lipinski definition) is 0. The topological polar surface area (TPSA) is 25.8 Å². The van der Waals surface area contributed by atoms with Crippen LogP contribution in [0.1, 0.15) is 11.3 Å². The summed E-state index contributed by atoms with van der Waals surface area (Å²) in [4.78, 5) is 0. The number of rotatable bonds is 0. The quantitative estimate of drug-likeness (QED) is 0.552. The van der Waals surface area contributed by atoms with Gasteiger partial charge in [-0.15, -0.1) is 10.2 Å². The third-order valence-electron chi connectivity index (χ3n) is 1.74. The van der Waals surface area contributed by atoms with Gasteiger partial charge in [-0.1, -0.05) is 24.1 Å². The van der Waals surface area contributed by atoms with Gasteiger partial charge >= 0.3 is 0 Å². The summed E-state index contributed by atoms with van der Waals surface area (Å²) in [6.45, 7) is 0. The van der Waals surface area contributed by atoms with Crippen LogP contribution >= 0.6 is 22.6 Å². The number of nitrogens with zero attached hydrogens (tertiary/aromatic N) is 2. The highest BCUT2D eigenvalue weighted by atomic mass is 127. The van der Waals surface area contributed by atoms with Gasteiger partial charge in [-0.05, 0) is 52.8 Å². The molecule has 0 spiro atoms. The Morgan fingerprint density at radius 1 is 0.867 bits per heavy atom. The van der Waals surface area contributed by atoms with Crippen molar-refractivity contribution in [1.29, 1.82) is 0 Å². The maximum absolute atomic E-state index is 3.96. The summed E-state index contributed by atoms with van der Waals surface area (Å²) in [7, 11) is 0. The molecule has 0 unspecified atom stereocenters. The predicted molar refractivity (Wildman–Crippen MR) is 67.2 cm³/mol. The Morgan fingerprint density at radius 2 is 1.67 bits per heavy atom. The van der Waals surface area contributed by atoms with Crippen molar-refractivity contribution in [2.24, 2.45) is 0 Å². The molecule has 72 valence electrons. The van der Waals surface area contributed by atoms with Gasteiger partial charge in [-0.2, -0.15) is 0 Å². The second kappa shape index (κ2) is 4.89. The number of aromatic nitrogens is 2. The van der Waals surface area contributed by atoms with Gasteiger partial charge in [0.1, 0.15) is 9.39 Å². The van der Waals surface area contributed by atoms with Crippen LogP contribution in [-0.4, -0.2) is 10.2 Å². The highest BCUT2D eigenvalue weighted by Crippen LogP contribution is 1.99. The lowest BCUT2D eigenvalue weighted by molar-refractivity contribution is 0.987. The highest BCUT2D eigenvalue weighted by molar-refractivity contribution is 14.1. The van der Waals surface area contributed by atoms with E-state index in [0.29, 0.717) is 5.69 Å².